The number of nitrogens with two attached hydrogens (primary N) is 1. The fourth-order valence-corrected chi connectivity index (χ4v) is 3.07. The molecule has 3 rings (SSSR count). The van der Waals surface area contributed by atoms with Crippen molar-refractivity contribution in [2.45, 2.75) is 44.6 Å². The van der Waals surface area contributed by atoms with Crippen LogP contribution in [0.4, 0.5) is 4.39 Å². The molecule has 0 spiro atoms. The molecule has 1 aromatic heterocycles. The Balaban J connectivity index is 1.93. The summed E-state index contributed by atoms with van der Waals surface area (Å²) in [5.41, 5.74) is 7.21. The van der Waals surface area contributed by atoms with Crippen molar-refractivity contribution < 1.29 is 4.39 Å². The van der Waals surface area contributed by atoms with Gasteiger partial charge in [-0.25, -0.2) is 9.37 Å². The Morgan fingerprint density at radius 3 is 2.79 bits per heavy atom. The average molecular weight is 261 g/mol. The van der Waals surface area contributed by atoms with Crippen LogP contribution in [0.5, 0.6) is 0 Å². The second-order valence-electron chi connectivity index (χ2n) is 5.73. The van der Waals surface area contributed by atoms with E-state index in [4.69, 9.17) is 5.73 Å². The predicted molar refractivity (Wildman–Crippen MR) is 74.2 cm³/mol. The molecule has 0 saturated heterocycles. The van der Waals surface area contributed by atoms with E-state index in [2.05, 4.69) is 16.9 Å². The SMILES string of the molecule is CCC1CCC(N)(c2nc3c(F)cccc3[nH]2)CC1. The Hall–Kier alpha value is -1.42. The first-order valence-electron chi connectivity index (χ1n) is 7.06. The third-order valence-corrected chi connectivity index (χ3v) is 4.51. The van der Waals surface area contributed by atoms with Crippen LogP contribution in [0, 0.1) is 11.7 Å². The number of nitrogens with one attached hydrogen (secondary N) is 1. The molecule has 0 amide bonds. The number of aromatic nitrogens is 2. The molecule has 4 heteroatoms. The highest BCUT2D eigenvalue weighted by Crippen LogP contribution is 2.38. The van der Waals surface area contributed by atoms with Crippen molar-refractivity contribution in [3.63, 3.8) is 0 Å². The third kappa shape index (κ3) is 2.14. The zero-order valence-corrected chi connectivity index (χ0v) is 11.2. The van der Waals surface area contributed by atoms with Crippen molar-refractivity contribution in [3.8, 4) is 0 Å². The summed E-state index contributed by atoms with van der Waals surface area (Å²) < 4.78 is 13.7. The lowest BCUT2D eigenvalue weighted by Gasteiger charge is -2.35. The van der Waals surface area contributed by atoms with Crippen molar-refractivity contribution in [3.05, 3.63) is 29.8 Å². The summed E-state index contributed by atoms with van der Waals surface area (Å²) >= 11 is 0. The van der Waals surface area contributed by atoms with E-state index >= 15 is 0 Å². The Morgan fingerprint density at radius 1 is 1.42 bits per heavy atom. The number of benzene rings is 1. The van der Waals surface area contributed by atoms with Crippen molar-refractivity contribution in [1.29, 1.82) is 0 Å². The Labute approximate surface area is 112 Å². The summed E-state index contributed by atoms with van der Waals surface area (Å²) in [5, 5.41) is 0. The maximum atomic E-state index is 13.7. The maximum absolute atomic E-state index is 13.7. The molecule has 2 aromatic rings. The topological polar surface area (TPSA) is 54.7 Å². The van der Waals surface area contributed by atoms with Crippen molar-refractivity contribution in [2.75, 3.05) is 0 Å². The number of halogens is 1. The van der Waals surface area contributed by atoms with Crippen molar-refractivity contribution in [2.24, 2.45) is 11.7 Å². The van der Waals surface area contributed by atoms with Crippen LogP contribution in [-0.4, -0.2) is 9.97 Å². The van der Waals surface area contributed by atoms with Crippen LogP contribution in [0.1, 0.15) is 44.9 Å². The van der Waals surface area contributed by atoms with E-state index in [0.29, 0.717) is 5.52 Å². The fourth-order valence-electron chi connectivity index (χ4n) is 3.07. The largest absolute Gasteiger partial charge is 0.340 e. The van der Waals surface area contributed by atoms with Crippen molar-refractivity contribution in [1.82, 2.24) is 9.97 Å². The van der Waals surface area contributed by atoms with Gasteiger partial charge in [-0.05, 0) is 43.7 Å². The zero-order valence-electron chi connectivity index (χ0n) is 11.2. The minimum absolute atomic E-state index is 0.286. The fraction of sp³-hybridized carbons (Fsp3) is 0.533. The summed E-state index contributed by atoms with van der Waals surface area (Å²) in [4.78, 5) is 7.61. The molecular formula is C15H20FN3. The van der Waals surface area contributed by atoms with Crippen LogP contribution in [0.3, 0.4) is 0 Å². The number of para-hydroxylation sites is 1. The molecule has 1 heterocycles. The monoisotopic (exact) mass is 261 g/mol. The van der Waals surface area contributed by atoms with Crippen LogP contribution < -0.4 is 5.73 Å². The molecule has 19 heavy (non-hydrogen) atoms. The van der Waals surface area contributed by atoms with Gasteiger partial charge in [0.15, 0.2) is 5.82 Å². The first-order valence-corrected chi connectivity index (χ1v) is 7.06. The minimum Gasteiger partial charge on any atom is -0.340 e. The standard InChI is InChI=1S/C15H20FN3/c1-2-10-6-8-15(17,9-7-10)14-18-12-5-3-4-11(16)13(12)19-14/h3-5,10H,2,6-9,17H2,1H3,(H,18,19). The number of rotatable bonds is 2. The van der Waals surface area contributed by atoms with E-state index in [1.807, 2.05) is 6.07 Å². The molecule has 1 aliphatic carbocycles. The highest BCUT2D eigenvalue weighted by Gasteiger charge is 2.35. The average Bonchev–Trinajstić information content (AvgIpc) is 2.86. The smallest absolute Gasteiger partial charge is 0.151 e. The molecule has 1 saturated carbocycles. The second-order valence-corrected chi connectivity index (χ2v) is 5.73. The first-order chi connectivity index (χ1) is 9.12. The maximum Gasteiger partial charge on any atom is 0.151 e. The van der Waals surface area contributed by atoms with Gasteiger partial charge >= 0.3 is 0 Å². The van der Waals surface area contributed by atoms with Gasteiger partial charge in [-0.1, -0.05) is 19.4 Å². The number of hydrogen-bond acceptors (Lipinski definition) is 2. The van der Waals surface area contributed by atoms with E-state index in [1.54, 1.807) is 6.07 Å². The number of aromatic amines is 1. The Kier molecular flexibility index (Phi) is 3.05. The first kappa shape index (κ1) is 12.6. The van der Waals surface area contributed by atoms with Gasteiger partial charge in [0.2, 0.25) is 0 Å². The van der Waals surface area contributed by atoms with E-state index in [0.717, 1.165) is 42.9 Å². The summed E-state index contributed by atoms with van der Waals surface area (Å²) in [7, 11) is 0. The molecule has 1 fully saturated rings. The van der Waals surface area contributed by atoms with Gasteiger partial charge in [0.05, 0.1) is 11.1 Å². The van der Waals surface area contributed by atoms with Gasteiger partial charge in [0.1, 0.15) is 11.3 Å². The van der Waals surface area contributed by atoms with Gasteiger partial charge in [-0.3, -0.25) is 0 Å². The molecule has 0 radical (unpaired) electrons. The normalized spacial score (nSPS) is 27.8. The van der Waals surface area contributed by atoms with E-state index < -0.39 is 5.54 Å². The number of hydrogen-bond donors (Lipinski definition) is 2. The highest BCUT2D eigenvalue weighted by atomic mass is 19.1. The molecule has 1 aromatic carbocycles. The Bertz CT molecular complexity index is 582. The van der Waals surface area contributed by atoms with Gasteiger partial charge in [-0.2, -0.15) is 0 Å². The lowest BCUT2D eigenvalue weighted by molar-refractivity contribution is 0.223. The number of imidazole rings is 1. The zero-order chi connectivity index (χ0) is 13.5. The lowest BCUT2D eigenvalue weighted by atomic mass is 9.76. The van der Waals surface area contributed by atoms with Crippen LogP contribution in [0.2, 0.25) is 0 Å². The number of fused-ring (bicyclic) bond motifs is 1. The van der Waals surface area contributed by atoms with Crippen molar-refractivity contribution >= 4 is 11.0 Å². The van der Waals surface area contributed by atoms with E-state index in [9.17, 15) is 4.39 Å². The van der Waals surface area contributed by atoms with Crippen LogP contribution >= 0.6 is 0 Å². The predicted octanol–water partition coefficient (Wildman–Crippen LogP) is 3.46. The number of nitrogens with zero attached hydrogens (tertiary/aromatic N) is 1. The molecule has 0 bridgehead atoms. The third-order valence-electron chi connectivity index (χ3n) is 4.51. The molecule has 0 atom stereocenters. The van der Waals surface area contributed by atoms with Gasteiger partial charge in [0.25, 0.3) is 0 Å². The molecule has 1 aliphatic rings. The molecule has 0 aliphatic heterocycles. The van der Waals surface area contributed by atoms with Gasteiger partial charge < -0.3 is 10.7 Å². The van der Waals surface area contributed by atoms with Crippen LogP contribution in [-0.2, 0) is 5.54 Å². The summed E-state index contributed by atoms with van der Waals surface area (Å²) in [6.07, 6.45) is 5.32. The summed E-state index contributed by atoms with van der Waals surface area (Å²) in [6, 6.07) is 4.97. The van der Waals surface area contributed by atoms with E-state index in [1.165, 1.54) is 12.5 Å². The Morgan fingerprint density at radius 2 is 2.16 bits per heavy atom. The summed E-state index contributed by atoms with van der Waals surface area (Å²) in [6.45, 7) is 2.23. The molecule has 3 N–H and O–H groups in total. The molecule has 102 valence electrons. The highest BCUT2D eigenvalue weighted by molar-refractivity contribution is 5.75. The number of H-pyrrole nitrogens is 1. The minimum atomic E-state index is -0.420. The molecule has 3 nitrogen and oxygen atoms in total. The quantitative estimate of drug-likeness (QED) is 0.869. The molecular weight excluding hydrogens is 241 g/mol. The molecule has 0 unspecified atom stereocenters. The van der Waals surface area contributed by atoms with Gasteiger partial charge in [0, 0.05) is 0 Å². The van der Waals surface area contributed by atoms with Crippen LogP contribution in [0.25, 0.3) is 11.0 Å². The summed E-state index contributed by atoms with van der Waals surface area (Å²) in [5.74, 6) is 1.23. The van der Waals surface area contributed by atoms with Crippen LogP contribution in [0.15, 0.2) is 18.2 Å². The van der Waals surface area contributed by atoms with E-state index in [-0.39, 0.29) is 5.82 Å². The lowest BCUT2D eigenvalue weighted by Crippen LogP contribution is -2.41. The van der Waals surface area contributed by atoms with Gasteiger partial charge in [-0.15, -0.1) is 0 Å². The second kappa shape index (κ2) is 4.60.